The molecule has 0 aliphatic carbocycles. The number of carbonyl (C=O) groups is 1. The number of methoxy groups -OCH3 is 1. The Morgan fingerprint density at radius 1 is 1.23 bits per heavy atom. The number of hydrogen-bond donors (Lipinski definition) is 2. The number of aromatic carboxylic acids is 1. The van der Waals surface area contributed by atoms with Crippen molar-refractivity contribution >= 4 is 43.5 Å². The van der Waals surface area contributed by atoms with Crippen molar-refractivity contribution in [2.75, 3.05) is 12.4 Å². The summed E-state index contributed by atoms with van der Waals surface area (Å²) in [5, 5.41) is 12.3. The van der Waals surface area contributed by atoms with E-state index in [9.17, 15) is 4.79 Å². The lowest BCUT2D eigenvalue weighted by atomic mass is 10.1. The van der Waals surface area contributed by atoms with Gasteiger partial charge in [0, 0.05) is 12.2 Å². The molecule has 0 fully saturated rings. The number of nitrogens with one attached hydrogen (secondary N) is 1. The van der Waals surface area contributed by atoms with Crippen LogP contribution in [0.1, 0.15) is 21.5 Å². The highest BCUT2D eigenvalue weighted by Gasteiger charge is 2.09. The van der Waals surface area contributed by atoms with E-state index in [0.717, 1.165) is 31.5 Å². The molecule has 6 heteroatoms. The number of aryl methyl sites for hydroxylation is 1. The average molecular weight is 429 g/mol. The molecule has 0 amide bonds. The molecule has 2 aromatic rings. The maximum absolute atomic E-state index is 10.9. The van der Waals surface area contributed by atoms with Crippen molar-refractivity contribution in [3.05, 3.63) is 56.0 Å². The molecular weight excluding hydrogens is 414 g/mol. The Bertz CT molecular complexity index is 694. The predicted molar refractivity (Wildman–Crippen MR) is 93.9 cm³/mol. The Labute approximate surface area is 145 Å². The first-order valence-electron chi connectivity index (χ1n) is 6.52. The zero-order chi connectivity index (χ0) is 16.3. The molecule has 2 aromatic carbocycles. The molecule has 0 unspecified atom stereocenters. The molecule has 0 atom stereocenters. The number of halogens is 2. The van der Waals surface area contributed by atoms with Gasteiger partial charge in [0.25, 0.3) is 0 Å². The Morgan fingerprint density at radius 2 is 1.86 bits per heavy atom. The predicted octanol–water partition coefficient (Wildman–Crippen LogP) is 4.84. The van der Waals surface area contributed by atoms with Crippen LogP contribution in [0.15, 0.2) is 39.3 Å². The number of anilines is 1. The van der Waals surface area contributed by atoms with Crippen LogP contribution >= 0.6 is 31.9 Å². The van der Waals surface area contributed by atoms with Gasteiger partial charge in [-0.1, -0.05) is 0 Å². The maximum atomic E-state index is 10.9. The second-order valence-electron chi connectivity index (χ2n) is 4.78. The van der Waals surface area contributed by atoms with Gasteiger partial charge in [-0.25, -0.2) is 4.79 Å². The summed E-state index contributed by atoms with van der Waals surface area (Å²) in [7, 11) is 1.62. The monoisotopic (exact) mass is 427 g/mol. The molecule has 0 spiro atoms. The second-order valence-corrected chi connectivity index (χ2v) is 6.49. The second kappa shape index (κ2) is 7.15. The number of carboxylic acids is 1. The Hall–Kier alpha value is -1.53. The van der Waals surface area contributed by atoms with E-state index in [4.69, 9.17) is 9.84 Å². The lowest BCUT2D eigenvalue weighted by Gasteiger charge is -2.13. The van der Waals surface area contributed by atoms with Gasteiger partial charge in [-0.2, -0.15) is 0 Å². The lowest BCUT2D eigenvalue weighted by Crippen LogP contribution is -2.03. The third-order valence-corrected chi connectivity index (χ3v) is 4.40. The normalized spacial score (nSPS) is 10.4. The first-order valence-corrected chi connectivity index (χ1v) is 8.10. The molecule has 2 N–H and O–H groups in total. The maximum Gasteiger partial charge on any atom is 0.335 e. The molecule has 0 saturated carbocycles. The van der Waals surface area contributed by atoms with Crippen LogP contribution in [0, 0.1) is 6.92 Å². The molecular formula is C16H15Br2NO3. The van der Waals surface area contributed by atoms with E-state index in [1.165, 1.54) is 0 Å². The Kier molecular flexibility index (Phi) is 5.47. The van der Waals surface area contributed by atoms with Crippen LogP contribution in [0.25, 0.3) is 0 Å². The van der Waals surface area contributed by atoms with Crippen molar-refractivity contribution in [1.29, 1.82) is 0 Å². The Balaban J connectivity index is 2.15. The summed E-state index contributed by atoms with van der Waals surface area (Å²) < 4.78 is 7.03. The van der Waals surface area contributed by atoms with Crippen LogP contribution < -0.4 is 10.1 Å². The van der Waals surface area contributed by atoms with Crippen LogP contribution in [-0.2, 0) is 6.54 Å². The van der Waals surface area contributed by atoms with E-state index < -0.39 is 5.97 Å². The summed E-state index contributed by atoms with van der Waals surface area (Å²) in [5.74, 6) is -0.164. The molecule has 0 radical (unpaired) electrons. The van der Waals surface area contributed by atoms with Gasteiger partial charge < -0.3 is 15.2 Å². The quantitative estimate of drug-likeness (QED) is 0.715. The van der Waals surface area contributed by atoms with Gasteiger partial charge in [0.05, 0.1) is 21.6 Å². The van der Waals surface area contributed by atoms with Gasteiger partial charge in [0.1, 0.15) is 5.75 Å². The molecule has 0 bridgehead atoms. The highest BCUT2D eigenvalue weighted by Crippen LogP contribution is 2.34. The highest BCUT2D eigenvalue weighted by molar-refractivity contribution is 9.11. The van der Waals surface area contributed by atoms with E-state index in [2.05, 4.69) is 37.2 Å². The first-order chi connectivity index (χ1) is 10.4. The third kappa shape index (κ3) is 3.81. The largest absolute Gasteiger partial charge is 0.494 e. The van der Waals surface area contributed by atoms with Crippen molar-refractivity contribution in [2.45, 2.75) is 13.5 Å². The summed E-state index contributed by atoms with van der Waals surface area (Å²) in [6.45, 7) is 2.50. The van der Waals surface area contributed by atoms with E-state index >= 15 is 0 Å². The van der Waals surface area contributed by atoms with Gasteiger partial charge in [-0.3, -0.25) is 0 Å². The number of carboxylic acid groups (broad SMARTS) is 1. The first kappa shape index (κ1) is 16.8. The fourth-order valence-electron chi connectivity index (χ4n) is 2.10. The van der Waals surface area contributed by atoms with E-state index in [-0.39, 0.29) is 5.56 Å². The summed E-state index contributed by atoms with van der Waals surface area (Å²) in [6, 6.07) is 9.00. The van der Waals surface area contributed by atoms with Crippen molar-refractivity contribution in [3.8, 4) is 5.75 Å². The summed E-state index contributed by atoms with van der Waals surface area (Å²) in [4.78, 5) is 10.9. The number of benzene rings is 2. The number of hydrogen-bond acceptors (Lipinski definition) is 3. The SMILES string of the molecule is COc1c(Br)cc(CNc2ccc(C(=O)O)cc2C)cc1Br. The minimum atomic E-state index is -0.919. The minimum absolute atomic E-state index is 0.290. The molecule has 0 saturated heterocycles. The van der Waals surface area contributed by atoms with Gasteiger partial charge in [-0.05, 0) is 80.2 Å². The third-order valence-electron chi connectivity index (χ3n) is 3.22. The van der Waals surface area contributed by atoms with Crippen molar-refractivity contribution in [1.82, 2.24) is 0 Å². The molecule has 0 heterocycles. The topological polar surface area (TPSA) is 58.6 Å². The fraction of sp³-hybridized carbons (Fsp3) is 0.188. The number of rotatable bonds is 5. The van der Waals surface area contributed by atoms with E-state index in [1.807, 2.05) is 19.1 Å². The van der Waals surface area contributed by atoms with Crippen LogP contribution in [-0.4, -0.2) is 18.2 Å². The molecule has 0 aromatic heterocycles. The summed E-state index contributed by atoms with van der Waals surface area (Å²) in [5.41, 5.74) is 3.17. The molecule has 22 heavy (non-hydrogen) atoms. The van der Waals surface area contributed by atoms with E-state index in [1.54, 1.807) is 25.3 Å². The zero-order valence-corrected chi connectivity index (χ0v) is 15.3. The van der Waals surface area contributed by atoms with Crippen LogP contribution in [0.4, 0.5) is 5.69 Å². The van der Waals surface area contributed by atoms with Crippen LogP contribution in [0.5, 0.6) is 5.75 Å². The van der Waals surface area contributed by atoms with E-state index in [0.29, 0.717) is 6.54 Å². The van der Waals surface area contributed by atoms with Gasteiger partial charge in [-0.15, -0.1) is 0 Å². The molecule has 4 nitrogen and oxygen atoms in total. The van der Waals surface area contributed by atoms with Gasteiger partial charge >= 0.3 is 5.97 Å². The molecule has 116 valence electrons. The van der Waals surface area contributed by atoms with Crippen LogP contribution in [0.3, 0.4) is 0 Å². The van der Waals surface area contributed by atoms with Crippen molar-refractivity contribution in [2.24, 2.45) is 0 Å². The average Bonchev–Trinajstić information content (AvgIpc) is 2.45. The smallest absolute Gasteiger partial charge is 0.335 e. The standard InChI is InChI=1S/C16H15Br2NO3/c1-9-5-11(16(20)21)3-4-14(9)19-8-10-6-12(17)15(22-2)13(18)7-10/h3-7,19H,8H2,1-2H3,(H,20,21). The zero-order valence-electron chi connectivity index (χ0n) is 12.1. The Morgan fingerprint density at radius 3 is 2.36 bits per heavy atom. The molecule has 0 aliphatic heterocycles. The lowest BCUT2D eigenvalue weighted by molar-refractivity contribution is 0.0697. The van der Waals surface area contributed by atoms with Gasteiger partial charge in [0.15, 0.2) is 0 Å². The molecule has 0 aliphatic rings. The number of ether oxygens (including phenoxy) is 1. The highest BCUT2D eigenvalue weighted by atomic mass is 79.9. The fourth-order valence-corrected chi connectivity index (χ4v) is 3.71. The van der Waals surface area contributed by atoms with Crippen molar-refractivity contribution in [3.63, 3.8) is 0 Å². The minimum Gasteiger partial charge on any atom is -0.494 e. The summed E-state index contributed by atoms with van der Waals surface area (Å²) >= 11 is 6.95. The van der Waals surface area contributed by atoms with Crippen molar-refractivity contribution < 1.29 is 14.6 Å². The summed E-state index contributed by atoms with van der Waals surface area (Å²) in [6.07, 6.45) is 0. The van der Waals surface area contributed by atoms with Gasteiger partial charge in [0.2, 0.25) is 0 Å². The van der Waals surface area contributed by atoms with Crippen LogP contribution in [0.2, 0.25) is 0 Å². The molecule has 2 rings (SSSR count).